The van der Waals surface area contributed by atoms with E-state index in [9.17, 15) is 9.59 Å². The maximum atomic E-state index is 12.1. The number of aromatic nitrogens is 4. The van der Waals surface area contributed by atoms with Crippen LogP contribution in [0.25, 0.3) is 34.2 Å². The average molecular weight is 396 g/mol. The lowest BCUT2D eigenvalue weighted by Gasteiger charge is -1.90. The Morgan fingerprint density at radius 2 is 1.23 bits per heavy atom. The van der Waals surface area contributed by atoms with Crippen molar-refractivity contribution in [2.45, 2.75) is 26.7 Å². The van der Waals surface area contributed by atoms with Crippen LogP contribution in [0.15, 0.2) is 36.4 Å². The molecule has 0 aliphatic carbocycles. The number of Topliss-reactive ketones (excluding diaryl/α,β-unsaturated/α-hetero) is 2. The third-order valence-electron chi connectivity index (χ3n) is 5.33. The minimum absolute atomic E-state index is 0.00211. The SMILES string of the molecule is CC(=O)c1cc2cc3nc(cc4[nH]c(cc5nc(cc1[nH]2)C=C5)cc4C(C)=O)CC3. The van der Waals surface area contributed by atoms with Crippen LogP contribution in [-0.4, -0.2) is 31.5 Å². The van der Waals surface area contributed by atoms with Crippen LogP contribution in [0.3, 0.4) is 0 Å². The number of carbonyl (C=O) groups excluding carboxylic acids is 2. The number of hydrogen-bond acceptors (Lipinski definition) is 4. The Kier molecular flexibility index (Phi) is 4.20. The molecule has 6 nitrogen and oxygen atoms in total. The van der Waals surface area contributed by atoms with Gasteiger partial charge in [0.1, 0.15) is 0 Å². The monoisotopic (exact) mass is 396 g/mol. The molecule has 0 aromatic carbocycles. The van der Waals surface area contributed by atoms with E-state index >= 15 is 0 Å². The van der Waals surface area contributed by atoms with Gasteiger partial charge < -0.3 is 9.97 Å². The van der Waals surface area contributed by atoms with Crippen molar-refractivity contribution in [3.63, 3.8) is 0 Å². The van der Waals surface area contributed by atoms with Crippen LogP contribution in [0.2, 0.25) is 0 Å². The number of aryl methyl sites for hydroxylation is 2. The normalized spacial score (nSPS) is 12.9. The molecule has 30 heavy (non-hydrogen) atoms. The summed E-state index contributed by atoms with van der Waals surface area (Å²) in [6.45, 7) is 3.13. The molecule has 5 rings (SSSR count). The number of nitrogens with one attached hydrogen (secondary N) is 2. The van der Waals surface area contributed by atoms with Crippen LogP contribution < -0.4 is 0 Å². The molecule has 0 radical (unpaired) electrons. The summed E-state index contributed by atoms with van der Waals surface area (Å²) < 4.78 is 0. The molecule has 0 saturated heterocycles. The molecule has 148 valence electrons. The van der Waals surface area contributed by atoms with Crippen LogP contribution in [0.1, 0.15) is 57.3 Å². The van der Waals surface area contributed by atoms with E-state index in [0.717, 1.165) is 57.7 Å². The number of carbonyl (C=O) groups is 2. The van der Waals surface area contributed by atoms with Gasteiger partial charge in [-0.1, -0.05) is 0 Å². The third kappa shape index (κ3) is 3.37. The number of rotatable bonds is 2. The highest BCUT2D eigenvalue weighted by molar-refractivity contribution is 6.03. The summed E-state index contributed by atoms with van der Waals surface area (Å²) in [6.07, 6.45) is 5.42. The van der Waals surface area contributed by atoms with Gasteiger partial charge in [0.05, 0.1) is 22.4 Å². The molecule has 0 saturated carbocycles. The van der Waals surface area contributed by atoms with Crippen LogP contribution in [0, 0.1) is 0 Å². The van der Waals surface area contributed by atoms with Crippen molar-refractivity contribution in [2.24, 2.45) is 0 Å². The van der Waals surface area contributed by atoms with E-state index in [4.69, 9.17) is 4.98 Å². The van der Waals surface area contributed by atoms with Crippen molar-refractivity contribution < 1.29 is 9.59 Å². The number of hydrogen-bond donors (Lipinski definition) is 2. The smallest absolute Gasteiger partial charge is 0.161 e. The lowest BCUT2D eigenvalue weighted by Crippen LogP contribution is -1.89. The average Bonchev–Trinajstić information content (AvgIpc) is 3.44. The van der Waals surface area contributed by atoms with Gasteiger partial charge in [0, 0.05) is 33.5 Å². The van der Waals surface area contributed by atoms with E-state index in [1.54, 1.807) is 13.8 Å². The molecule has 0 spiro atoms. The molecule has 5 heterocycles. The van der Waals surface area contributed by atoms with Crippen molar-refractivity contribution >= 4 is 45.8 Å². The topological polar surface area (TPSA) is 91.5 Å². The van der Waals surface area contributed by atoms with Crippen LogP contribution >= 0.6 is 0 Å². The molecular formula is C24H20N4O2. The molecule has 3 aromatic rings. The van der Waals surface area contributed by atoms with Crippen LogP contribution in [-0.2, 0) is 12.8 Å². The Bertz CT molecular complexity index is 1410. The zero-order valence-corrected chi connectivity index (χ0v) is 16.7. The number of ketones is 2. The van der Waals surface area contributed by atoms with Gasteiger partial charge in [0.2, 0.25) is 0 Å². The summed E-state index contributed by atoms with van der Waals surface area (Å²) in [6, 6.07) is 11.4. The highest BCUT2D eigenvalue weighted by Crippen LogP contribution is 2.21. The van der Waals surface area contributed by atoms with E-state index in [1.165, 1.54) is 0 Å². The van der Waals surface area contributed by atoms with Crippen LogP contribution in [0.5, 0.6) is 0 Å². The Morgan fingerprint density at radius 1 is 0.700 bits per heavy atom. The van der Waals surface area contributed by atoms with E-state index in [1.807, 2.05) is 48.6 Å². The number of fused-ring (bicyclic) bond motifs is 8. The summed E-state index contributed by atoms with van der Waals surface area (Å²) in [5.74, 6) is 0.00185. The summed E-state index contributed by atoms with van der Waals surface area (Å²) in [5.41, 5.74) is 7.80. The number of aromatic amines is 2. The molecule has 0 unspecified atom stereocenters. The van der Waals surface area contributed by atoms with Gasteiger partial charge in [-0.25, -0.2) is 4.98 Å². The van der Waals surface area contributed by atoms with Gasteiger partial charge in [-0.3, -0.25) is 14.6 Å². The van der Waals surface area contributed by atoms with Gasteiger partial charge in [0.15, 0.2) is 11.6 Å². The van der Waals surface area contributed by atoms with Crippen molar-refractivity contribution in [3.8, 4) is 0 Å². The van der Waals surface area contributed by atoms with Crippen molar-refractivity contribution in [1.29, 1.82) is 0 Å². The highest BCUT2D eigenvalue weighted by Gasteiger charge is 2.11. The summed E-state index contributed by atoms with van der Waals surface area (Å²) >= 11 is 0. The molecule has 0 atom stereocenters. The lowest BCUT2D eigenvalue weighted by molar-refractivity contribution is 0.101. The quantitative estimate of drug-likeness (QED) is 0.482. The van der Waals surface area contributed by atoms with Gasteiger partial charge in [-0.15, -0.1) is 0 Å². The third-order valence-corrected chi connectivity index (χ3v) is 5.33. The maximum absolute atomic E-state index is 12.1. The van der Waals surface area contributed by atoms with Gasteiger partial charge in [-0.05, 0) is 75.2 Å². The Hall–Kier alpha value is -3.80. The molecule has 2 aliphatic rings. The predicted octanol–water partition coefficient (Wildman–Crippen LogP) is 4.68. The molecular weight excluding hydrogens is 376 g/mol. The number of H-pyrrole nitrogens is 2. The van der Waals surface area contributed by atoms with Crippen molar-refractivity contribution in [2.75, 3.05) is 0 Å². The number of nitrogens with zero attached hydrogens (tertiary/aromatic N) is 2. The van der Waals surface area contributed by atoms with E-state index in [0.29, 0.717) is 11.1 Å². The van der Waals surface area contributed by atoms with E-state index in [-0.39, 0.29) is 11.6 Å². The largest absolute Gasteiger partial charge is 0.355 e. The molecule has 0 amide bonds. The molecule has 2 N–H and O–H groups in total. The Morgan fingerprint density at radius 3 is 1.87 bits per heavy atom. The fourth-order valence-corrected chi connectivity index (χ4v) is 3.92. The maximum Gasteiger partial charge on any atom is 0.161 e. The second-order valence-electron chi connectivity index (χ2n) is 7.68. The zero-order chi connectivity index (χ0) is 20.8. The minimum atomic E-state index is -0.00211. The molecule has 0 fully saturated rings. The zero-order valence-electron chi connectivity index (χ0n) is 16.7. The minimum Gasteiger partial charge on any atom is -0.355 e. The fourth-order valence-electron chi connectivity index (χ4n) is 3.92. The fraction of sp³-hybridized carbons (Fsp3) is 0.167. The van der Waals surface area contributed by atoms with Gasteiger partial charge in [0.25, 0.3) is 0 Å². The standard InChI is InChI=1S/C24H20N4O2/c1-13(29)21-9-19-7-15-4-6-18(26-15)12-24-22(14(2)30)10-20(28-24)8-16-3-5-17(25-16)11-23(21)27-19/h3,5,7-12,27-28H,4,6H2,1-2H3. The first-order valence-electron chi connectivity index (χ1n) is 9.88. The Labute approximate surface area is 172 Å². The first-order chi connectivity index (χ1) is 14.4. The predicted molar refractivity (Wildman–Crippen MR) is 117 cm³/mol. The van der Waals surface area contributed by atoms with Gasteiger partial charge >= 0.3 is 0 Å². The first-order valence-corrected chi connectivity index (χ1v) is 9.88. The first kappa shape index (κ1) is 18.2. The van der Waals surface area contributed by atoms with E-state index in [2.05, 4.69) is 15.0 Å². The summed E-state index contributed by atoms with van der Waals surface area (Å²) in [7, 11) is 0. The van der Waals surface area contributed by atoms with E-state index < -0.39 is 0 Å². The molecule has 8 bridgehead atoms. The lowest BCUT2D eigenvalue weighted by atomic mass is 10.1. The Balaban J connectivity index is 1.87. The van der Waals surface area contributed by atoms with Crippen molar-refractivity contribution in [1.82, 2.24) is 19.9 Å². The second kappa shape index (κ2) is 6.91. The second-order valence-corrected chi connectivity index (χ2v) is 7.68. The summed E-state index contributed by atoms with van der Waals surface area (Å²) in [5, 5.41) is 0. The molecule has 3 aromatic heterocycles. The molecule has 6 heteroatoms. The van der Waals surface area contributed by atoms with Gasteiger partial charge in [-0.2, -0.15) is 0 Å². The summed E-state index contributed by atoms with van der Waals surface area (Å²) in [4.78, 5) is 40.2. The molecule has 2 aliphatic heterocycles. The highest BCUT2D eigenvalue weighted by atomic mass is 16.1. The van der Waals surface area contributed by atoms with Crippen molar-refractivity contribution in [3.05, 3.63) is 70.3 Å². The van der Waals surface area contributed by atoms with Crippen LogP contribution in [0.4, 0.5) is 0 Å².